The van der Waals surface area contributed by atoms with Gasteiger partial charge in [-0.15, -0.1) is 0 Å². The average molecular weight is 212 g/mol. The molecule has 0 aromatic rings. The molecule has 2 N–H and O–H groups in total. The first-order valence-corrected chi connectivity index (χ1v) is 3.73. The quantitative estimate of drug-likeness (QED) is 0.492. The fraction of sp³-hybridized carbons (Fsp3) is 0.500. The molecule has 70 valence electrons. The molecule has 0 spiro atoms. The van der Waals surface area contributed by atoms with E-state index in [0.29, 0.717) is 12.8 Å². The fourth-order valence-corrected chi connectivity index (χ4v) is 1.36. The third-order valence-corrected chi connectivity index (χ3v) is 2.07. The molecule has 4 nitrogen and oxygen atoms in total. The van der Waals surface area contributed by atoms with E-state index >= 15 is 0 Å². The summed E-state index contributed by atoms with van der Waals surface area (Å²) in [5.74, 6) is -3.56. The van der Waals surface area contributed by atoms with Gasteiger partial charge in [-0.3, -0.25) is 9.59 Å². The van der Waals surface area contributed by atoms with Crippen molar-refractivity contribution < 1.29 is 19.8 Å². The van der Waals surface area contributed by atoms with Gasteiger partial charge in [-0.05, 0) is 12.8 Å². The third kappa shape index (κ3) is 3.29. The number of hydrogen-bond donors (Lipinski definition) is 2. The molecule has 2 unspecified atom stereocenters. The van der Waals surface area contributed by atoms with Crippen LogP contribution in [0.5, 0.6) is 0 Å². The molecule has 0 aliphatic heterocycles. The van der Waals surface area contributed by atoms with E-state index in [0.717, 1.165) is 0 Å². The van der Waals surface area contributed by atoms with Crippen LogP contribution in [0.1, 0.15) is 12.8 Å². The van der Waals surface area contributed by atoms with Gasteiger partial charge in [-0.25, -0.2) is 0 Å². The molecule has 0 aromatic carbocycles. The number of aliphatic carboxylic acids is 2. The normalized spacial score (nSPS) is 26.2. The van der Waals surface area contributed by atoms with Gasteiger partial charge in [0.05, 0.1) is 11.8 Å². The molecule has 0 heterocycles. The van der Waals surface area contributed by atoms with Crippen molar-refractivity contribution in [3.05, 3.63) is 12.2 Å². The van der Waals surface area contributed by atoms with Crippen LogP contribution in [0, 0.1) is 11.8 Å². The molecule has 5 heteroatoms. The Morgan fingerprint density at radius 1 is 1.00 bits per heavy atom. The summed E-state index contributed by atoms with van der Waals surface area (Å²) in [4.78, 5) is 21.1. The van der Waals surface area contributed by atoms with Crippen molar-refractivity contribution >= 4 is 49.7 Å². The van der Waals surface area contributed by atoms with Crippen molar-refractivity contribution in [3.63, 3.8) is 0 Å². The van der Waals surface area contributed by atoms with E-state index in [1.54, 1.807) is 12.2 Å². The van der Waals surface area contributed by atoms with Gasteiger partial charge >= 0.3 is 49.7 Å². The second-order valence-corrected chi connectivity index (χ2v) is 2.83. The van der Waals surface area contributed by atoms with E-state index in [9.17, 15) is 9.59 Å². The molecule has 0 amide bonds. The first-order chi connectivity index (χ1) is 5.63. The van der Waals surface area contributed by atoms with Gasteiger partial charge in [0.25, 0.3) is 0 Å². The molecule has 0 aromatic heterocycles. The summed E-state index contributed by atoms with van der Waals surface area (Å²) in [5.41, 5.74) is 0. The van der Waals surface area contributed by atoms with E-state index < -0.39 is 23.8 Å². The van der Waals surface area contributed by atoms with Crippen LogP contribution in [-0.2, 0) is 9.59 Å². The predicted octanol–water partition coefficient (Wildman–Crippen LogP) is -0.178. The van der Waals surface area contributed by atoms with E-state index in [-0.39, 0.29) is 37.7 Å². The van der Waals surface area contributed by atoms with Crippen LogP contribution in [0.15, 0.2) is 12.2 Å². The maximum absolute atomic E-state index is 10.6. The zero-order chi connectivity index (χ0) is 9.14. The number of carbonyl (C=O) groups is 2. The average Bonchev–Trinajstić information content (AvgIpc) is 2.04. The summed E-state index contributed by atoms with van der Waals surface area (Å²) in [5, 5.41) is 17.3. The van der Waals surface area contributed by atoms with Crippen molar-refractivity contribution in [2.24, 2.45) is 11.8 Å². The van der Waals surface area contributed by atoms with Crippen LogP contribution in [0.25, 0.3) is 0 Å². The molecular weight excluding hydrogens is 200 g/mol. The van der Waals surface area contributed by atoms with Gasteiger partial charge in [-0.1, -0.05) is 12.2 Å². The Balaban J connectivity index is 0.00000144. The summed E-state index contributed by atoms with van der Waals surface area (Å²) in [6.07, 6.45) is 4.09. The molecule has 2 atom stereocenters. The molecule has 1 rings (SSSR count). The van der Waals surface area contributed by atoms with Crippen LogP contribution in [0.3, 0.4) is 0 Å². The maximum atomic E-state index is 10.6. The summed E-state index contributed by atoms with van der Waals surface area (Å²) >= 11 is 0. The third-order valence-electron chi connectivity index (χ3n) is 2.07. The minimum atomic E-state index is -1.02. The van der Waals surface area contributed by atoms with Crippen LogP contribution < -0.4 is 0 Å². The molecule has 0 fully saturated rings. The first-order valence-electron chi connectivity index (χ1n) is 3.73. The van der Waals surface area contributed by atoms with Gasteiger partial charge < -0.3 is 10.2 Å². The van der Waals surface area contributed by atoms with Crippen LogP contribution >= 0.6 is 0 Å². The van der Waals surface area contributed by atoms with Gasteiger partial charge in [-0.2, -0.15) is 0 Å². The van der Waals surface area contributed by atoms with Crippen molar-refractivity contribution in [2.45, 2.75) is 12.8 Å². The van der Waals surface area contributed by atoms with E-state index in [2.05, 4.69) is 0 Å². The second-order valence-electron chi connectivity index (χ2n) is 2.83. The predicted molar refractivity (Wildman–Crippen MR) is 49.2 cm³/mol. The number of hydrogen-bond acceptors (Lipinski definition) is 2. The van der Waals surface area contributed by atoms with Crippen LogP contribution in [-0.4, -0.2) is 59.9 Å². The summed E-state index contributed by atoms with van der Waals surface area (Å²) < 4.78 is 0. The van der Waals surface area contributed by atoms with Gasteiger partial charge in [0.15, 0.2) is 0 Å². The van der Waals surface area contributed by atoms with Crippen molar-refractivity contribution in [1.29, 1.82) is 0 Å². The molecule has 0 saturated carbocycles. The van der Waals surface area contributed by atoms with Crippen LogP contribution in [0.2, 0.25) is 0 Å². The Morgan fingerprint density at radius 3 is 1.54 bits per heavy atom. The van der Waals surface area contributed by atoms with E-state index in [1.165, 1.54) is 0 Å². The number of carboxylic acids is 2. The van der Waals surface area contributed by atoms with E-state index in [4.69, 9.17) is 10.2 Å². The Bertz CT molecular complexity index is 212. The Morgan fingerprint density at radius 2 is 1.31 bits per heavy atom. The molecule has 0 saturated heterocycles. The molecule has 1 aliphatic carbocycles. The SMILES string of the molecule is O=C(O)C1CC=CCC1C(=O)O.[CaH2]. The second kappa shape index (κ2) is 5.62. The summed E-state index contributed by atoms with van der Waals surface area (Å²) in [6, 6.07) is 0. The molecule has 0 radical (unpaired) electrons. The van der Waals surface area contributed by atoms with Gasteiger partial charge in [0, 0.05) is 0 Å². The van der Waals surface area contributed by atoms with E-state index in [1.807, 2.05) is 0 Å². The topological polar surface area (TPSA) is 74.6 Å². The zero-order valence-electron chi connectivity index (χ0n) is 6.43. The Kier molecular flexibility index (Phi) is 5.60. The number of carboxylic acid groups (broad SMARTS) is 2. The number of allylic oxidation sites excluding steroid dienone is 2. The molecule has 13 heavy (non-hydrogen) atoms. The minimum absolute atomic E-state index is 0. The zero-order valence-corrected chi connectivity index (χ0v) is 6.43. The number of rotatable bonds is 2. The van der Waals surface area contributed by atoms with Crippen molar-refractivity contribution in [1.82, 2.24) is 0 Å². The van der Waals surface area contributed by atoms with Crippen molar-refractivity contribution in [2.75, 3.05) is 0 Å². The first kappa shape index (κ1) is 12.9. The van der Waals surface area contributed by atoms with Crippen molar-refractivity contribution in [3.8, 4) is 0 Å². The standard InChI is InChI=1S/C8H10O4.Ca.2H/c9-7(10)5-3-1-2-4-6(5)8(11)12;;;/h1-2,5-6H,3-4H2,(H,9,10)(H,11,12);;;. The molecular formula is C8H12CaO4. The van der Waals surface area contributed by atoms with Gasteiger partial charge in [0.2, 0.25) is 0 Å². The fourth-order valence-electron chi connectivity index (χ4n) is 1.36. The molecule has 0 bridgehead atoms. The van der Waals surface area contributed by atoms with Crippen LogP contribution in [0.4, 0.5) is 0 Å². The Labute approximate surface area is 106 Å². The summed E-state index contributed by atoms with van der Waals surface area (Å²) in [7, 11) is 0. The Hall–Kier alpha value is -0.0603. The van der Waals surface area contributed by atoms with Gasteiger partial charge in [0.1, 0.15) is 0 Å². The molecule has 1 aliphatic rings. The summed E-state index contributed by atoms with van der Waals surface area (Å²) in [6.45, 7) is 0. The monoisotopic (exact) mass is 212 g/mol.